The zero-order valence-corrected chi connectivity index (χ0v) is 14.6. The number of hydrogen-bond acceptors (Lipinski definition) is 4. The summed E-state index contributed by atoms with van der Waals surface area (Å²) in [7, 11) is 1.29. The highest BCUT2D eigenvalue weighted by atomic mass is 35.5. The van der Waals surface area contributed by atoms with Gasteiger partial charge in [-0.05, 0) is 31.0 Å². The second-order valence-corrected chi connectivity index (χ2v) is 6.07. The molecule has 130 valence electrons. The normalized spacial score (nSPS) is 13.7. The molecule has 0 unspecified atom stereocenters. The molecule has 1 aromatic rings. The van der Waals surface area contributed by atoms with Crippen molar-refractivity contribution >= 4 is 35.1 Å². The second kappa shape index (κ2) is 8.15. The lowest BCUT2D eigenvalue weighted by Gasteiger charge is -2.24. The molecule has 0 radical (unpaired) electrons. The number of amides is 2. The third kappa shape index (κ3) is 4.26. The van der Waals surface area contributed by atoms with E-state index in [-0.39, 0.29) is 24.8 Å². The molecule has 0 N–H and O–H groups in total. The lowest BCUT2D eigenvalue weighted by atomic mass is 10.1. The van der Waals surface area contributed by atoms with Crippen molar-refractivity contribution in [3.8, 4) is 0 Å². The van der Waals surface area contributed by atoms with Crippen molar-refractivity contribution in [2.45, 2.75) is 26.2 Å². The van der Waals surface area contributed by atoms with Crippen LogP contribution in [-0.4, -0.2) is 49.4 Å². The number of nitrogens with zero attached hydrogens (tertiary/aromatic N) is 2. The van der Waals surface area contributed by atoms with Crippen LogP contribution in [0.5, 0.6) is 0 Å². The first-order chi connectivity index (χ1) is 11.4. The first kappa shape index (κ1) is 18.3. The lowest BCUT2D eigenvalue weighted by Crippen LogP contribution is -2.35. The van der Waals surface area contributed by atoms with Crippen molar-refractivity contribution in [3.63, 3.8) is 0 Å². The molecule has 1 aromatic carbocycles. The topological polar surface area (TPSA) is 66.9 Å². The Balaban J connectivity index is 2.16. The fourth-order valence-corrected chi connectivity index (χ4v) is 2.96. The fourth-order valence-electron chi connectivity index (χ4n) is 2.74. The van der Waals surface area contributed by atoms with Gasteiger partial charge in [0.15, 0.2) is 0 Å². The summed E-state index contributed by atoms with van der Waals surface area (Å²) in [5.41, 5.74) is 0.704. The number of benzene rings is 1. The van der Waals surface area contributed by atoms with Gasteiger partial charge in [-0.15, -0.1) is 0 Å². The number of rotatable bonds is 5. The van der Waals surface area contributed by atoms with Gasteiger partial charge in [0.1, 0.15) is 0 Å². The van der Waals surface area contributed by atoms with Crippen LogP contribution in [0.3, 0.4) is 0 Å². The van der Waals surface area contributed by atoms with Gasteiger partial charge in [0.2, 0.25) is 11.8 Å². The first-order valence-corrected chi connectivity index (χ1v) is 8.25. The van der Waals surface area contributed by atoms with E-state index in [0.717, 1.165) is 25.9 Å². The Labute approximate surface area is 146 Å². The monoisotopic (exact) mass is 352 g/mol. The van der Waals surface area contributed by atoms with Gasteiger partial charge in [0.25, 0.3) is 0 Å². The maximum atomic E-state index is 12.2. The highest BCUT2D eigenvalue weighted by Gasteiger charge is 2.22. The van der Waals surface area contributed by atoms with Crippen LogP contribution < -0.4 is 4.90 Å². The minimum atomic E-state index is -0.510. The number of likely N-dealkylation sites (tertiary alicyclic amines) is 1. The Bertz CT molecular complexity index is 641. The third-order valence-electron chi connectivity index (χ3n) is 4.05. The first-order valence-electron chi connectivity index (χ1n) is 7.87. The molecule has 2 amide bonds. The summed E-state index contributed by atoms with van der Waals surface area (Å²) in [5, 5.41) is 0.339. The fraction of sp³-hybridized carbons (Fsp3) is 0.471. The van der Waals surface area contributed by atoms with Crippen molar-refractivity contribution in [1.29, 1.82) is 0 Å². The van der Waals surface area contributed by atoms with Crippen LogP contribution in [0.25, 0.3) is 0 Å². The predicted molar refractivity (Wildman–Crippen MR) is 91.2 cm³/mol. The minimum absolute atomic E-state index is 0.0268. The number of hydrogen-bond donors (Lipinski definition) is 0. The van der Waals surface area contributed by atoms with Crippen LogP contribution in [-0.2, 0) is 14.3 Å². The molecule has 0 aromatic heterocycles. The molecule has 0 saturated carbocycles. The number of halogens is 1. The number of carbonyl (C=O) groups excluding carboxylic acids is 3. The van der Waals surface area contributed by atoms with Crippen molar-refractivity contribution in [3.05, 3.63) is 28.8 Å². The van der Waals surface area contributed by atoms with E-state index in [4.69, 9.17) is 16.3 Å². The van der Waals surface area contributed by atoms with E-state index >= 15 is 0 Å². The highest BCUT2D eigenvalue weighted by molar-refractivity contribution is 6.34. The minimum Gasteiger partial charge on any atom is -0.465 e. The number of esters is 1. The molecule has 0 bridgehead atoms. The zero-order chi connectivity index (χ0) is 17.7. The lowest BCUT2D eigenvalue weighted by molar-refractivity contribution is -0.129. The molecule has 24 heavy (non-hydrogen) atoms. The van der Waals surface area contributed by atoms with Crippen molar-refractivity contribution in [2.75, 3.05) is 31.6 Å². The molecule has 1 aliphatic rings. The summed E-state index contributed by atoms with van der Waals surface area (Å²) < 4.78 is 4.69. The van der Waals surface area contributed by atoms with E-state index in [0.29, 0.717) is 16.3 Å². The summed E-state index contributed by atoms with van der Waals surface area (Å²) in [6.07, 6.45) is 2.27. The molecule has 0 spiro atoms. The molecule has 0 atom stereocenters. The van der Waals surface area contributed by atoms with E-state index in [2.05, 4.69) is 0 Å². The molecular weight excluding hydrogens is 332 g/mol. The Kier molecular flexibility index (Phi) is 6.20. The molecule has 1 fully saturated rings. The van der Waals surface area contributed by atoms with Crippen LogP contribution in [0, 0.1) is 0 Å². The maximum absolute atomic E-state index is 12.2. The molecule has 0 aliphatic carbocycles. The Morgan fingerprint density at radius 1 is 1.25 bits per heavy atom. The van der Waals surface area contributed by atoms with Crippen molar-refractivity contribution in [1.82, 2.24) is 4.90 Å². The molecule has 7 heteroatoms. The van der Waals surface area contributed by atoms with Crippen LogP contribution >= 0.6 is 11.6 Å². The Hall–Kier alpha value is -2.08. The van der Waals surface area contributed by atoms with Gasteiger partial charge in [-0.1, -0.05) is 11.6 Å². The zero-order valence-electron chi connectivity index (χ0n) is 13.9. The van der Waals surface area contributed by atoms with E-state index in [1.54, 1.807) is 6.07 Å². The van der Waals surface area contributed by atoms with E-state index < -0.39 is 5.97 Å². The Morgan fingerprint density at radius 3 is 2.50 bits per heavy atom. The standard InChI is InChI=1S/C17H21ClN2O4/c1-12(21)20(10-7-16(22)19-8-3-4-9-19)15-11-13(17(23)24-2)5-6-14(15)18/h5-6,11H,3-4,7-10H2,1-2H3. The SMILES string of the molecule is COC(=O)c1ccc(Cl)c(N(CCC(=O)N2CCCC2)C(C)=O)c1. The molecule has 2 rings (SSSR count). The highest BCUT2D eigenvalue weighted by Crippen LogP contribution is 2.28. The van der Waals surface area contributed by atoms with Crippen LogP contribution in [0.15, 0.2) is 18.2 Å². The molecule has 1 saturated heterocycles. The number of anilines is 1. The third-order valence-corrected chi connectivity index (χ3v) is 4.37. The molecule has 1 aliphatic heterocycles. The van der Waals surface area contributed by atoms with Crippen LogP contribution in [0.4, 0.5) is 5.69 Å². The number of carbonyl (C=O) groups is 3. The van der Waals surface area contributed by atoms with Gasteiger partial charge in [-0.2, -0.15) is 0 Å². The van der Waals surface area contributed by atoms with E-state index in [1.165, 1.54) is 31.1 Å². The van der Waals surface area contributed by atoms with Gasteiger partial charge in [0, 0.05) is 33.0 Å². The summed E-state index contributed by atoms with van der Waals surface area (Å²) in [6, 6.07) is 4.59. The van der Waals surface area contributed by atoms with Gasteiger partial charge in [0.05, 0.1) is 23.4 Å². The van der Waals surface area contributed by atoms with Crippen LogP contribution in [0.1, 0.15) is 36.5 Å². The summed E-state index contributed by atoms with van der Waals surface area (Å²) in [6.45, 7) is 3.17. The summed E-state index contributed by atoms with van der Waals surface area (Å²) in [4.78, 5) is 39.1. The van der Waals surface area contributed by atoms with Crippen LogP contribution in [0.2, 0.25) is 5.02 Å². The van der Waals surface area contributed by atoms with E-state index in [1.807, 2.05) is 4.90 Å². The summed E-state index contributed by atoms with van der Waals surface area (Å²) in [5.74, 6) is -0.725. The largest absolute Gasteiger partial charge is 0.465 e. The van der Waals surface area contributed by atoms with Crippen molar-refractivity contribution in [2.24, 2.45) is 0 Å². The van der Waals surface area contributed by atoms with E-state index in [9.17, 15) is 14.4 Å². The van der Waals surface area contributed by atoms with Gasteiger partial charge in [-0.3, -0.25) is 9.59 Å². The predicted octanol–water partition coefficient (Wildman–Crippen LogP) is 2.49. The molecule has 6 nitrogen and oxygen atoms in total. The van der Waals surface area contributed by atoms with Gasteiger partial charge in [-0.25, -0.2) is 4.79 Å². The van der Waals surface area contributed by atoms with Gasteiger partial charge < -0.3 is 14.5 Å². The number of methoxy groups -OCH3 is 1. The maximum Gasteiger partial charge on any atom is 0.337 e. The molecular formula is C17H21ClN2O4. The average molecular weight is 353 g/mol. The quantitative estimate of drug-likeness (QED) is 0.763. The smallest absolute Gasteiger partial charge is 0.337 e. The number of ether oxygens (including phenoxy) is 1. The second-order valence-electron chi connectivity index (χ2n) is 5.67. The average Bonchev–Trinajstić information content (AvgIpc) is 3.10. The molecule has 1 heterocycles. The summed E-state index contributed by atoms with van der Waals surface area (Å²) >= 11 is 6.18. The Morgan fingerprint density at radius 2 is 1.92 bits per heavy atom. The van der Waals surface area contributed by atoms with Crippen molar-refractivity contribution < 1.29 is 19.1 Å². The van der Waals surface area contributed by atoms with Gasteiger partial charge >= 0.3 is 5.97 Å².